The van der Waals surface area contributed by atoms with Crippen molar-refractivity contribution >= 4 is 41.4 Å². The highest BCUT2D eigenvalue weighted by Gasteiger charge is 2.24. The van der Waals surface area contributed by atoms with E-state index in [9.17, 15) is 18.5 Å². The monoisotopic (exact) mass is 327 g/mol. The number of nitro groups is 1. The first kappa shape index (κ1) is 13.4. The van der Waals surface area contributed by atoms with Crippen molar-refractivity contribution in [3.8, 4) is 0 Å². The lowest BCUT2D eigenvalue weighted by atomic mass is 10.1. The number of hydrogen-bond donors (Lipinski definition) is 0. The molecule has 0 heterocycles. The first-order chi connectivity index (χ1) is 7.27. The lowest BCUT2D eigenvalue weighted by Crippen LogP contribution is -2.02. The molecule has 0 aromatic heterocycles. The zero-order chi connectivity index (χ0) is 12.5. The van der Waals surface area contributed by atoms with E-state index in [4.69, 9.17) is 10.7 Å². The average molecular weight is 329 g/mol. The third-order valence-electron chi connectivity index (χ3n) is 1.96. The van der Waals surface area contributed by atoms with Gasteiger partial charge in [-0.3, -0.25) is 10.1 Å². The van der Waals surface area contributed by atoms with Crippen molar-refractivity contribution in [1.29, 1.82) is 0 Å². The molecule has 0 spiro atoms. The Hall–Kier alpha value is -0.660. The summed E-state index contributed by atoms with van der Waals surface area (Å²) < 4.78 is 22.8. The van der Waals surface area contributed by atoms with Crippen molar-refractivity contribution in [1.82, 2.24) is 0 Å². The summed E-state index contributed by atoms with van der Waals surface area (Å²) in [6, 6.07) is 2.51. The van der Waals surface area contributed by atoms with Crippen molar-refractivity contribution in [3.63, 3.8) is 0 Å². The van der Waals surface area contributed by atoms with Gasteiger partial charge in [0.15, 0.2) is 0 Å². The fourth-order valence-corrected chi connectivity index (χ4v) is 3.16. The van der Waals surface area contributed by atoms with Crippen LogP contribution in [0.15, 0.2) is 21.5 Å². The smallest absolute Gasteiger partial charge is 0.258 e. The predicted octanol–water partition coefficient (Wildman–Crippen LogP) is 2.85. The summed E-state index contributed by atoms with van der Waals surface area (Å²) in [5.41, 5.74) is -0.140. The van der Waals surface area contributed by atoms with Crippen molar-refractivity contribution in [2.24, 2.45) is 0 Å². The van der Waals surface area contributed by atoms with E-state index in [0.717, 1.165) is 0 Å². The summed E-state index contributed by atoms with van der Waals surface area (Å²) in [5.74, 6) is 0. The predicted molar refractivity (Wildman–Crippen MR) is 63.2 cm³/mol. The maximum Gasteiger partial charge on any atom is 0.275 e. The van der Waals surface area contributed by atoms with Crippen LogP contribution in [0.3, 0.4) is 0 Å². The molecule has 0 radical (unpaired) electrons. The van der Waals surface area contributed by atoms with Gasteiger partial charge in [-0.15, -0.1) is 0 Å². The third-order valence-corrected chi connectivity index (χ3v) is 3.81. The normalized spacial score (nSPS) is 11.4. The molecule has 0 bridgehead atoms. The van der Waals surface area contributed by atoms with Crippen LogP contribution in [0.1, 0.15) is 12.5 Å². The first-order valence-electron chi connectivity index (χ1n) is 4.18. The molecule has 1 aromatic carbocycles. The molecule has 0 aliphatic heterocycles. The van der Waals surface area contributed by atoms with Crippen LogP contribution in [0.4, 0.5) is 5.69 Å². The molecular formula is C8H7BrClNO4S. The molecule has 0 atom stereocenters. The van der Waals surface area contributed by atoms with E-state index in [1.807, 2.05) is 0 Å². The Bertz CT molecular complexity index is 543. The van der Waals surface area contributed by atoms with Crippen LogP contribution in [-0.4, -0.2) is 13.3 Å². The fraction of sp³-hybridized carbons (Fsp3) is 0.250. The molecule has 1 aromatic rings. The lowest BCUT2D eigenvalue weighted by Gasteiger charge is -2.06. The molecule has 0 fully saturated rings. The highest BCUT2D eigenvalue weighted by molar-refractivity contribution is 9.10. The Morgan fingerprint density at radius 1 is 1.50 bits per heavy atom. The highest BCUT2D eigenvalue weighted by Crippen LogP contribution is 2.32. The second kappa shape index (κ2) is 4.68. The van der Waals surface area contributed by atoms with E-state index in [1.54, 1.807) is 6.92 Å². The van der Waals surface area contributed by atoms with Gasteiger partial charge in [0.1, 0.15) is 0 Å². The Kier molecular flexibility index (Phi) is 3.92. The second-order valence-corrected chi connectivity index (χ2v) is 6.40. The topological polar surface area (TPSA) is 77.3 Å². The molecule has 0 aliphatic rings. The third kappa shape index (κ3) is 2.72. The van der Waals surface area contributed by atoms with Crippen LogP contribution in [0.5, 0.6) is 0 Å². The maximum absolute atomic E-state index is 11.3. The van der Waals surface area contributed by atoms with Crippen molar-refractivity contribution in [2.75, 3.05) is 0 Å². The van der Waals surface area contributed by atoms with Crippen LogP contribution in [0.25, 0.3) is 0 Å². The van der Waals surface area contributed by atoms with Gasteiger partial charge >= 0.3 is 0 Å². The Morgan fingerprint density at radius 2 is 2.06 bits per heavy atom. The number of halogens is 2. The maximum atomic E-state index is 11.3. The minimum absolute atomic E-state index is 0.114. The zero-order valence-electron chi connectivity index (χ0n) is 8.11. The van der Waals surface area contributed by atoms with Gasteiger partial charge in [0.2, 0.25) is 0 Å². The summed E-state index contributed by atoms with van der Waals surface area (Å²) in [5, 5.41) is 10.8. The molecule has 0 amide bonds. The molecule has 16 heavy (non-hydrogen) atoms. The first-order valence-corrected chi connectivity index (χ1v) is 7.29. The van der Waals surface area contributed by atoms with Crippen molar-refractivity contribution in [3.05, 3.63) is 32.3 Å². The van der Waals surface area contributed by atoms with Gasteiger partial charge in [-0.1, -0.05) is 22.9 Å². The van der Waals surface area contributed by atoms with Gasteiger partial charge in [-0.2, -0.15) is 0 Å². The van der Waals surface area contributed by atoms with Crippen LogP contribution < -0.4 is 0 Å². The Labute approximate surface area is 105 Å². The fourth-order valence-electron chi connectivity index (χ4n) is 1.33. The van der Waals surface area contributed by atoms with Gasteiger partial charge in [0.25, 0.3) is 14.7 Å². The molecular weight excluding hydrogens is 322 g/mol. The molecule has 0 N–H and O–H groups in total. The minimum atomic E-state index is -3.99. The number of hydrogen-bond acceptors (Lipinski definition) is 4. The summed E-state index contributed by atoms with van der Waals surface area (Å²) in [6.07, 6.45) is 0.213. The van der Waals surface area contributed by atoms with E-state index in [0.29, 0.717) is 4.47 Å². The summed E-state index contributed by atoms with van der Waals surface area (Å²) >= 11 is 3.01. The molecule has 0 saturated carbocycles. The van der Waals surface area contributed by atoms with Gasteiger partial charge in [-0.05, 0) is 12.5 Å². The van der Waals surface area contributed by atoms with Crippen molar-refractivity contribution in [2.45, 2.75) is 18.2 Å². The standard InChI is InChI=1S/C8H7BrClNO4S/c1-2-6-7(11(12)13)3-5(9)4-8(6)16(10,14)15/h3-4H,2H2,1H3. The van der Waals surface area contributed by atoms with E-state index >= 15 is 0 Å². The molecule has 88 valence electrons. The summed E-state index contributed by atoms with van der Waals surface area (Å²) in [6.45, 7) is 1.63. The van der Waals surface area contributed by atoms with Gasteiger partial charge in [-0.25, -0.2) is 8.42 Å². The molecule has 5 nitrogen and oxygen atoms in total. The molecule has 0 unspecified atom stereocenters. The average Bonchev–Trinajstić information content (AvgIpc) is 2.14. The minimum Gasteiger partial charge on any atom is -0.258 e. The van der Waals surface area contributed by atoms with E-state index < -0.39 is 14.0 Å². The van der Waals surface area contributed by atoms with E-state index in [2.05, 4.69) is 15.9 Å². The Balaban J connectivity index is 3.68. The highest BCUT2D eigenvalue weighted by atomic mass is 79.9. The van der Waals surface area contributed by atoms with Gasteiger partial charge in [0.05, 0.1) is 9.82 Å². The lowest BCUT2D eigenvalue weighted by molar-refractivity contribution is -0.385. The van der Waals surface area contributed by atoms with Crippen LogP contribution in [0, 0.1) is 10.1 Å². The number of rotatable bonds is 3. The Morgan fingerprint density at radius 3 is 2.44 bits per heavy atom. The summed E-state index contributed by atoms with van der Waals surface area (Å²) in [7, 11) is 1.23. The number of benzene rings is 1. The SMILES string of the molecule is CCc1c([N+](=O)[O-])cc(Br)cc1S(=O)(=O)Cl. The zero-order valence-corrected chi connectivity index (χ0v) is 11.3. The number of nitrogens with zero attached hydrogens (tertiary/aromatic N) is 1. The molecule has 0 aliphatic carbocycles. The van der Waals surface area contributed by atoms with Gasteiger partial charge in [0, 0.05) is 26.8 Å². The molecule has 0 saturated heterocycles. The quantitative estimate of drug-likeness (QED) is 0.485. The van der Waals surface area contributed by atoms with E-state index in [1.165, 1.54) is 12.1 Å². The second-order valence-electron chi connectivity index (χ2n) is 2.95. The molecule has 8 heteroatoms. The van der Waals surface area contributed by atoms with Crippen LogP contribution in [-0.2, 0) is 15.5 Å². The number of nitro benzene ring substituents is 1. The van der Waals surface area contributed by atoms with Crippen molar-refractivity contribution < 1.29 is 13.3 Å². The van der Waals surface area contributed by atoms with Crippen LogP contribution >= 0.6 is 26.6 Å². The van der Waals surface area contributed by atoms with Gasteiger partial charge < -0.3 is 0 Å². The largest absolute Gasteiger partial charge is 0.275 e. The summed E-state index contributed by atoms with van der Waals surface area (Å²) in [4.78, 5) is 9.90. The van der Waals surface area contributed by atoms with E-state index in [-0.39, 0.29) is 22.6 Å². The van der Waals surface area contributed by atoms with Crippen LogP contribution in [0.2, 0.25) is 0 Å². The molecule has 1 rings (SSSR count).